The number of nitrogens with one attached hydrogen (secondary N) is 1. The van der Waals surface area contributed by atoms with Crippen LogP contribution in [0, 0.1) is 10.1 Å². The first-order valence-corrected chi connectivity index (χ1v) is 6.62. The van der Waals surface area contributed by atoms with Crippen LogP contribution < -0.4 is 5.32 Å². The number of aliphatic hydroxyl groups is 1. The van der Waals surface area contributed by atoms with Gasteiger partial charge < -0.3 is 15.2 Å². The van der Waals surface area contributed by atoms with Crippen molar-refractivity contribution >= 4 is 11.8 Å². The van der Waals surface area contributed by atoms with E-state index in [0.717, 1.165) is 5.56 Å². The third kappa shape index (κ3) is 3.49. The molecule has 1 aliphatic rings. The maximum absolute atomic E-state index is 11.8. The molecule has 1 aromatic rings. The number of benzene rings is 1. The molecule has 0 heterocycles. The highest BCUT2D eigenvalue weighted by atomic mass is 16.6. The Morgan fingerprint density at radius 3 is 2.71 bits per heavy atom. The SMILES string of the molecule is CC(C)(C)OC(=O)N[C@@H]1c2cc([N+](=O)[O-])ccc2C[C@H]1O. The molecule has 114 valence electrons. The zero-order valence-electron chi connectivity index (χ0n) is 12.1. The Kier molecular flexibility index (Phi) is 3.87. The largest absolute Gasteiger partial charge is 0.444 e. The second-order valence-electron chi connectivity index (χ2n) is 6.04. The molecule has 7 nitrogen and oxygen atoms in total. The first-order chi connectivity index (χ1) is 9.67. The van der Waals surface area contributed by atoms with Crippen molar-refractivity contribution in [3.8, 4) is 0 Å². The monoisotopic (exact) mass is 294 g/mol. The van der Waals surface area contributed by atoms with Gasteiger partial charge in [0.15, 0.2) is 0 Å². The van der Waals surface area contributed by atoms with Crippen LogP contribution in [0.4, 0.5) is 10.5 Å². The second kappa shape index (κ2) is 5.33. The lowest BCUT2D eigenvalue weighted by molar-refractivity contribution is -0.384. The molecule has 7 heteroatoms. The van der Waals surface area contributed by atoms with Gasteiger partial charge in [-0.15, -0.1) is 0 Å². The van der Waals surface area contributed by atoms with Gasteiger partial charge in [0.05, 0.1) is 17.1 Å². The normalized spacial score (nSPS) is 20.8. The quantitative estimate of drug-likeness (QED) is 0.642. The Balaban J connectivity index is 2.21. The van der Waals surface area contributed by atoms with Gasteiger partial charge >= 0.3 is 6.09 Å². The summed E-state index contributed by atoms with van der Waals surface area (Å²) in [6, 6.07) is 3.68. The standard InChI is InChI=1S/C14H18N2O5/c1-14(2,3)21-13(18)15-12-10-7-9(16(19)20)5-4-8(10)6-11(12)17/h4-5,7,11-12,17H,6H2,1-3H3,(H,15,18)/t11-,12-/m1/s1. The highest BCUT2D eigenvalue weighted by Gasteiger charge is 2.34. The molecule has 0 unspecified atom stereocenters. The zero-order valence-corrected chi connectivity index (χ0v) is 12.1. The van der Waals surface area contributed by atoms with Crippen molar-refractivity contribution in [3.63, 3.8) is 0 Å². The second-order valence-corrected chi connectivity index (χ2v) is 6.04. The van der Waals surface area contributed by atoms with E-state index >= 15 is 0 Å². The highest BCUT2D eigenvalue weighted by molar-refractivity contribution is 5.69. The summed E-state index contributed by atoms with van der Waals surface area (Å²) in [7, 11) is 0. The summed E-state index contributed by atoms with van der Waals surface area (Å²) in [5, 5.41) is 23.5. The van der Waals surface area contributed by atoms with Gasteiger partial charge in [0.2, 0.25) is 0 Å². The molecule has 0 saturated carbocycles. The summed E-state index contributed by atoms with van der Waals surface area (Å²) < 4.78 is 5.15. The van der Waals surface area contributed by atoms with Gasteiger partial charge in [-0.05, 0) is 31.9 Å². The number of amides is 1. The van der Waals surface area contributed by atoms with Crippen molar-refractivity contribution in [1.29, 1.82) is 0 Å². The molecule has 1 aromatic carbocycles. The molecule has 1 amide bonds. The van der Waals surface area contributed by atoms with Gasteiger partial charge in [-0.25, -0.2) is 4.79 Å². The van der Waals surface area contributed by atoms with E-state index in [1.807, 2.05) is 0 Å². The van der Waals surface area contributed by atoms with Gasteiger partial charge in [-0.2, -0.15) is 0 Å². The maximum atomic E-state index is 11.8. The number of rotatable bonds is 2. The van der Waals surface area contributed by atoms with Crippen molar-refractivity contribution in [1.82, 2.24) is 5.32 Å². The summed E-state index contributed by atoms with van der Waals surface area (Å²) in [5.41, 5.74) is 0.620. The van der Waals surface area contributed by atoms with Crippen LogP contribution in [0.5, 0.6) is 0 Å². The fourth-order valence-corrected chi connectivity index (χ4v) is 2.33. The number of nitro groups is 1. The van der Waals surface area contributed by atoms with E-state index in [0.29, 0.717) is 12.0 Å². The number of carbonyl (C=O) groups is 1. The Morgan fingerprint density at radius 1 is 1.48 bits per heavy atom. The minimum atomic E-state index is -0.825. The zero-order chi connectivity index (χ0) is 15.8. The minimum absolute atomic E-state index is 0.0705. The molecule has 0 aromatic heterocycles. The maximum Gasteiger partial charge on any atom is 0.408 e. The summed E-state index contributed by atoms with van der Waals surface area (Å²) in [6.07, 6.45) is -1.14. The molecule has 0 spiro atoms. The topological polar surface area (TPSA) is 102 Å². The van der Waals surface area contributed by atoms with E-state index in [-0.39, 0.29) is 5.69 Å². The molecule has 2 atom stereocenters. The van der Waals surface area contributed by atoms with Crippen LogP contribution in [0.15, 0.2) is 18.2 Å². The lowest BCUT2D eigenvalue weighted by atomic mass is 10.1. The van der Waals surface area contributed by atoms with Crippen molar-refractivity contribution < 1.29 is 19.6 Å². The predicted molar refractivity (Wildman–Crippen MR) is 74.9 cm³/mol. The first-order valence-electron chi connectivity index (χ1n) is 6.62. The van der Waals surface area contributed by atoms with E-state index in [4.69, 9.17) is 4.74 Å². The lowest BCUT2D eigenvalue weighted by Crippen LogP contribution is -2.38. The molecule has 0 fully saturated rings. The van der Waals surface area contributed by atoms with Crippen molar-refractivity contribution in [3.05, 3.63) is 39.4 Å². The van der Waals surface area contributed by atoms with Crippen LogP contribution in [-0.4, -0.2) is 27.8 Å². The van der Waals surface area contributed by atoms with Crippen LogP contribution in [0.3, 0.4) is 0 Å². The molecule has 0 bridgehead atoms. The Bertz CT molecular complexity index is 579. The molecule has 21 heavy (non-hydrogen) atoms. The van der Waals surface area contributed by atoms with Gasteiger partial charge in [-0.1, -0.05) is 6.07 Å². The minimum Gasteiger partial charge on any atom is -0.444 e. The van der Waals surface area contributed by atoms with Crippen LogP contribution in [-0.2, 0) is 11.2 Å². The fourth-order valence-electron chi connectivity index (χ4n) is 2.33. The van der Waals surface area contributed by atoms with Gasteiger partial charge in [0.25, 0.3) is 5.69 Å². The van der Waals surface area contributed by atoms with Crippen LogP contribution in [0.1, 0.15) is 37.9 Å². The smallest absolute Gasteiger partial charge is 0.408 e. The van der Waals surface area contributed by atoms with Crippen molar-refractivity contribution in [2.24, 2.45) is 0 Å². The number of hydrogen-bond acceptors (Lipinski definition) is 5. The van der Waals surface area contributed by atoms with E-state index in [2.05, 4.69) is 5.32 Å². The Morgan fingerprint density at radius 2 is 2.14 bits per heavy atom. The molecule has 1 aliphatic carbocycles. The summed E-state index contributed by atoms with van der Waals surface area (Å²) in [4.78, 5) is 22.1. The van der Waals surface area contributed by atoms with Crippen LogP contribution in [0.25, 0.3) is 0 Å². The number of alkyl carbamates (subject to hydrolysis) is 1. The van der Waals surface area contributed by atoms with E-state index < -0.39 is 28.8 Å². The van der Waals surface area contributed by atoms with E-state index in [1.165, 1.54) is 12.1 Å². The van der Waals surface area contributed by atoms with Crippen LogP contribution >= 0.6 is 0 Å². The van der Waals surface area contributed by atoms with Crippen molar-refractivity contribution in [2.45, 2.75) is 44.9 Å². The number of ether oxygens (including phenoxy) is 1. The predicted octanol–water partition coefficient (Wildman–Crippen LogP) is 2.08. The number of nitrogens with zero attached hydrogens (tertiary/aromatic N) is 1. The number of non-ortho nitro benzene ring substituents is 1. The van der Waals surface area contributed by atoms with Crippen molar-refractivity contribution in [2.75, 3.05) is 0 Å². The first kappa shape index (κ1) is 15.2. The summed E-state index contributed by atoms with van der Waals surface area (Å²) >= 11 is 0. The Labute approximate surface area is 122 Å². The number of fused-ring (bicyclic) bond motifs is 1. The van der Waals surface area contributed by atoms with Gasteiger partial charge in [0, 0.05) is 18.6 Å². The molecule has 0 saturated heterocycles. The summed E-state index contributed by atoms with van der Waals surface area (Å²) in [5.74, 6) is 0. The molecule has 0 radical (unpaired) electrons. The number of aliphatic hydroxyl groups excluding tert-OH is 1. The third-order valence-electron chi connectivity index (χ3n) is 3.16. The average molecular weight is 294 g/mol. The van der Waals surface area contributed by atoms with Crippen LogP contribution in [0.2, 0.25) is 0 Å². The van der Waals surface area contributed by atoms with E-state index in [9.17, 15) is 20.0 Å². The molecule has 0 aliphatic heterocycles. The fraction of sp³-hybridized carbons (Fsp3) is 0.500. The average Bonchev–Trinajstić information content (AvgIpc) is 2.63. The number of carbonyl (C=O) groups excluding carboxylic acids is 1. The number of nitro benzene ring substituents is 1. The summed E-state index contributed by atoms with van der Waals surface area (Å²) in [6.45, 7) is 5.20. The molecular weight excluding hydrogens is 276 g/mol. The molecule has 2 rings (SSSR count). The number of hydrogen-bond donors (Lipinski definition) is 2. The highest BCUT2D eigenvalue weighted by Crippen LogP contribution is 2.34. The molecular formula is C14H18N2O5. The van der Waals surface area contributed by atoms with Gasteiger partial charge in [0.1, 0.15) is 5.60 Å². The van der Waals surface area contributed by atoms with Gasteiger partial charge in [-0.3, -0.25) is 10.1 Å². The lowest BCUT2D eigenvalue weighted by Gasteiger charge is -2.23. The third-order valence-corrected chi connectivity index (χ3v) is 3.16. The Hall–Kier alpha value is -2.15. The van der Waals surface area contributed by atoms with E-state index in [1.54, 1.807) is 26.8 Å². The molecule has 2 N–H and O–H groups in total.